The third kappa shape index (κ3) is 5.26. The molecule has 1 amide bonds. The number of amides is 1. The zero-order valence-electron chi connectivity index (χ0n) is 19.2. The van der Waals surface area contributed by atoms with Crippen LogP contribution in [0.15, 0.2) is 36.4 Å². The largest absolute Gasteiger partial charge is 0.378 e. The van der Waals surface area contributed by atoms with E-state index < -0.39 is 4.92 Å². The van der Waals surface area contributed by atoms with Gasteiger partial charge in [-0.2, -0.15) is 0 Å². The van der Waals surface area contributed by atoms with E-state index in [9.17, 15) is 14.9 Å². The molecule has 2 fully saturated rings. The van der Waals surface area contributed by atoms with Crippen molar-refractivity contribution in [1.29, 1.82) is 0 Å². The smallest absolute Gasteiger partial charge is 0.293 e. The average molecular weight is 454 g/mol. The summed E-state index contributed by atoms with van der Waals surface area (Å²) in [5, 5.41) is 14.6. The Morgan fingerprint density at radius 2 is 1.76 bits per heavy atom. The number of rotatable bonds is 6. The molecule has 9 heteroatoms. The number of benzene rings is 2. The summed E-state index contributed by atoms with van der Waals surface area (Å²) in [7, 11) is 0. The number of morpholine rings is 1. The number of aryl methyl sites for hydroxylation is 1. The minimum absolute atomic E-state index is 0.0668. The van der Waals surface area contributed by atoms with Crippen LogP contribution in [0.25, 0.3) is 0 Å². The van der Waals surface area contributed by atoms with Gasteiger partial charge in [0.25, 0.3) is 11.6 Å². The summed E-state index contributed by atoms with van der Waals surface area (Å²) in [5.74, 6) is -0.362. The number of piperazine rings is 1. The van der Waals surface area contributed by atoms with E-state index >= 15 is 0 Å². The van der Waals surface area contributed by atoms with Crippen molar-refractivity contribution < 1.29 is 14.5 Å². The minimum Gasteiger partial charge on any atom is -0.378 e. The second-order valence-corrected chi connectivity index (χ2v) is 8.43. The fourth-order valence-electron chi connectivity index (χ4n) is 4.38. The first-order valence-electron chi connectivity index (χ1n) is 11.5. The summed E-state index contributed by atoms with van der Waals surface area (Å²) >= 11 is 0. The monoisotopic (exact) mass is 453 g/mol. The van der Waals surface area contributed by atoms with E-state index in [1.165, 1.54) is 6.07 Å². The van der Waals surface area contributed by atoms with Gasteiger partial charge in [-0.05, 0) is 49.4 Å². The van der Waals surface area contributed by atoms with Gasteiger partial charge in [0.1, 0.15) is 5.69 Å². The van der Waals surface area contributed by atoms with Crippen LogP contribution in [0.5, 0.6) is 0 Å². The van der Waals surface area contributed by atoms with Crippen LogP contribution in [-0.4, -0.2) is 74.8 Å². The van der Waals surface area contributed by atoms with Crippen molar-refractivity contribution in [2.45, 2.75) is 13.8 Å². The van der Waals surface area contributed by atoms with Crippen molar-refractivity contribution in [1.82, 2.24) is 4.90 Å². The van der Waals surface area contributed by atoms with Gasteiger partial charge in [0.2, 0.25) is 0 Å². The minimum atomic E-state index is -0.431. The first-order valence-corrected chi connectivity index (χ1v) is 11.5. The maximum atomic E-state index is 12.9. The van der Waals surface area contributed by atoms with Gasteiger partial charge in [0.05, 0.1) is 18.1 Å². The van der Waals surface area contributed by atoms with Crippen LogP contribution in [0.1, 0.15) is 22.8 Å². The first-order chi connectivity index (χ1) is 16.0. The lowest BCUT2D eigenvalue weighted by atomic mass is 10.1. The molecular formula is C24H31N5O4. The normalized spacial score (nSPS) is 17.2. The molecular weight excluding hydrogens is 422 g/mol. The molecule has 2 saturated heterocycles. The van der Waals surface area contributed by atoms with Crippen molar-refractivity contribution >= 4 is 28.7 Å². The number of nitrogens with one attached hydrogen (secondary N) is 1. The van der Waals surface area contributed by atoms with Crippen LogP contribution < -0.4 is 15.1 Å². The lowest BCUT2D eigenvalue weighted by Crippen LogP contribution is -2.46. The van der Waals surface area contributed by atoms with Crippen LogP contribution in [-0.2, 0) is 4.74 Å². The molecule has 0 atom stereocenters. The highest BCUT2D eigenvalue weighted by atomic mass is 16.6. The SMILES string of the molecule is CCN1CCN(c2ccc(NC(=O)c3ccc(N4CCOCC4)c([N+](=O)[O-])c3)c(C)c2)CC1. The van der Waals surface area contributed by atoms with Gasteiger partial charge < -0.3 is 24.8 Å². The Hall–Kier alpha value is -3.17. The van der Waals surface area contributed by atoms with Crippen molar-refractivity contribution in [3.63, 3.8) is 0 Å². The second kappa shape index (κ2) is 10.2. The Bertz CT molecular complexity index is 1010. The molecule has 2 heterocycles. The van der Waals surface area contributed by atoms with Crippen LogP contribution in [0, 0.1) is 17.0 Å². The van der Waals surface area contributed by atoms with E-state index in [2.05, 4.69) is 28.1 Å². The highest BCUT2D eigenvalue weighted by Gasteiger charge is 2.24. The molecule has 4 rings (SSSR count). The molecule has 33 heavy (non-hydrogen) atoms. The Labute approximate surface area is 194 Å². The molecule has 1 N–H and O–H groups in total. The average Bonchev–Trinajstić information content (AvgIpc) is 2.85. The summed E-state index contributed by atoms with van der Waals surface area (Å²) in [6.07, 6.45) is 0. The van der Waals surface area contributed by atoms with E-state index in [4.69, 9.17) is 4.74 Å². The van der Waals surface area contributed by atoms with Crippen LogP contribution in [0.4, 0.5) is 22.7 Å². The Kier molecular flexibility index (Phi) is 7.10. The number of likely N-dealkylation sites (N-methyl/N-ethyl adjacent to an activating group) is 1. The van der Waals surface area contributed by atoms with E-state index in [1.807, 2.05) is 24.0 Å². The number of nitrogens with zero attached hydrogens (tertiary/aromatic N) is 4. The lowest BCUT2D eigenvalue weighted by Gasteiger charge is -2.35. The van der Waals surface area contributed by atoms with Gasteiger partial charge in [0, 0.05) is 62.3 Å². The third-order valence-electron chi connectivity index (χ3n) is 6.43. The van der Waals surface area contributed by atoms with Crippen molar-refractivity contribution in [3.05, 3.63) is 57.6 Å². The van der Waals surface area contributed by atoms with Crippen LogP contribution >= 0.6 is 0 Å². The van der Waals surface area contributed by atoms with E-state index in [-0.39, 0.29) is 17.2 Å². The molecule has 0 bridgehead atoms. The van der Waals surface area contributed by atoms with Crippen molar-refractivity contribution in [2.24, 2.45) is 0 Å². The molecule has 2 aromatic rings. The maximum Gasteiger partial charge on any atom is 0.293 e. The topological polar surface area (TPSA) is 91.2 Å². The zero-order valence-corrected chi connectivity index (χ0v) is 19.2. The third-order valence-corrected chi connectivity index (χ3v) is 6.43. The first kappa shape index (κ1) is 23.0. The highest BCUT2D eigenvalue weighted by Crippen LogP contribution is 2.31. The number of carbonyl (C=O) groups excluding carboxylic acids is 1. The summed E-state index contributed by atoms with van der Waals surface area (Å²) in [4.78, 5) is 30.9. The predicted molar refractivity (Wildman–Crippen MR) is 130 cm³/mol. The Balaban J connectivity index is 1.47. The van der Waals surface area contributed by atoms with Gasteiger partial charge in [0.15, 0.2) is 0 Å². The highest BCUT2D eigenvalue weighted by molar-refractivity contribution is 6.05. The molecule has 0 radical (unpaired) electrons. The molecule has 176 valence electrons. The Morgan fingerprint density at radius 1 is 1.03 bits per heavy atom. The Morgan fingerprint density at radius 3 is 2.39 bits per heavy atom. The zero-order chi connectivity index (χ0) is 23.4. The van der Waals surface area contributed by atoms with Gasteiger partial charge in [-0.1, -0.05) is 6.92 Å². The van der Waals surface area contributed by atoms with E-state index in [0.29, 0.717) is 37.7 Å². The summed E-state index contributed by atoms with van der Waals surface area (Å²) < 4.78 is 5.34. The van der Waals surface area contributed by atoms with E-state index in [0.717, 1.165) is 44.0 Å². The number of anilines is 3. The summed E-state index contributed by atoms with van der Waals surface area (Å²) in [5.41, 5.74) is 3.52. The fraction of sp³-hybridized carbons (Fsp3) is 0.458. The molecule has 2 aromatic carbocycles. The standard InChI is InChI=1S/C24H31N5O4/c1-3-26-8-10-27(11-9-26)20-5-6-21(18(2)16-20)25-24(30)19-4-7-22(23(17-19)29(31)32)28-12-14-33-15-13-28/h4-7,16-17H,3,8-15H2,1-2H3,(H,25,30). The molecule has 0 saturated carbocycles. The molecule has 2 aliphatic heterocycles. The molecule has 0 aromatic heterocycles. The van der Waals surface area contributed by atoms with Crippen molar-refractivity contribution in [3.8, 4) is 0 Å². The summed E-state index contributed by atoms with van der Waals surface area (Å²) in [6.45, 7) is 11.5. The van der Waals surface area contributed by atoms with Gasteiger partial charge in [-0.15, -0.1) is 0 Å². The van der Waals surface area contributed by atoms with Gasteiger partial charge in [-0.25, -0.2) is 0 Å². The van der Waals surface area contributed by atoms with Crippen LogP contribution in [0.2, 0.25) is 0 Å². The summed E-state index contributed by atoms with van der Waals surface area (Å²) in [6, 6.07) is 10.7. The maximum absolute atomic E-state index is 12.9. The fourth-order valence-corrected chi connectivity index (χ4v) is 4.38. The van der Waals surface area contributed by atoms with Gasteiger partial charge in [-0.3, -0.25) is 14.9 Å². The van der Waals surface area contributed by atoms with Crippen molar-refractivity contribution in [2.75, 3.05) is 74.1 Å². The number of carbonyl (C=O) groups is 1. The van der Waals surface area contributed by atoms with Gasteiger partial charge >= 0.3 is 0 Å². The number of ether oxygens (including phenoxy) is 1. The molecule has 0 unspecified atom stereocenters. The number of nitro benzene ring substituents is 1. The molecule has 9 nitrogen and oxygen atoms in total. The number of hydrogen-bond acceptors (Lipinski definition) is 7. The number of nitro groups is 1. The lowest BCUT2D eigenvalue weighted by molar-refractivity contribution is -0.384. The molecule has 2 aliphatic rings. The van der Waals surface area contributed by atoms with E-state index in [1.54, 1.807) is 12.1 Å². The number of hydrogen-bond donors (Lipinski definition) is 1. The van der Waals surface area contributed by atoms with Crippen LogP contribution in [0.3, 0.4) is 0 Å². The molecule has 0 aliphatic carbocycles. The molecule has 0 spiro atoms. The predicted octanol–water partition coefficient (Wildman–Crippen LogP) is 3.13. The second-order valence-electron chi connectivity index (χ2n) is 8.43. The quantitative estimate of drug-likeness (QED) is 0.531.